The minimum absolute atomic E-state index is 0.196. The van der Waals surface area contributed by atoms with Gasteiger partial charge in [-0.2, -0.15) is 0 Å². The Morgan fingerprint density at radius 3 is 2.47 bits per heavy atom. The lowest BCUT2D eigenvalue weighted by Crippen LogP contribution is -2.54. The second kappa shape index (κ2) is 9.80. The maximum atomic E-state index is 13.2. The van der Waals surface area contributed by atoms with E-state index in [1.165, 1.54) is 13.2 Å². The smallest absolute Gasteiger partial charge is 0.335 e. The number of amides is 4. The van der Waals surface area contributed by atoms with Crippen LogP contribution in [0.1, 0.15) is 16.7 Å². The summed E-state index contributed by atoms with van der Waals surface area (Å²) in [6, 6.07) is 18.3. The SMILES string of the molecule is COc1ccc(/C=C2\C(=O)NC(=O)N(c3ccc(C)cc3)C2=O)c(OCc2cccc(Cl)c2)c1. The summed E-state index contributed by atoms with van der Waals surface area (Å²) in [6.07, 6.45) is 1.40. The third kappa shape index (κ3) is 4.94. The Balaban J connectivity index is 1.68. The molecule has 172 valence electrons. The number of carbonyl (C=O) groups is 3. The van der Waals surface area contributed by atoms with Gasteiger partial charge in [0.05, 0.1) is 12.8 Å². The zero-order valence-corrected chi connectivity index (χ0v) is 19.3. The molecular weight excluding hydrogens is 456 g/mol. The first-order chi connectivity index (χ1) is 16.4. The number of methoxy groups -OCH3 is 1. The third-order valence-corrected chi connectivity index (χ3v) is 5.43. The van der Waals surface area contributed by atoms with Crippen molar-refractivity contribution in [1.82, 2.24) is 5.32 Å². The van der Waals surface area contributed by atoms with E-state index in [2.05, 4.69) is 5.32 Å². The molecule has 7 nitrogen and oxygen atoms in total. The first-order valence-corrected chi connectivity index (χ1v) is 10.8. The summed E-state index contributed by atoms with van der Waals surface area (Å²) in [5.41, 5.74) is 2.45. The van der Waals surface area contributed by atoms with E-state index in [0.29, 0.717) is 27.8 Å². The molecule has 1 aliphatic heterocycles. The van der Waals surface area contributed by atoms with E-state index in [-0.39, 0.29) is 12.2 Å². The van der Waals surface area contributed by atoms with Crippen molar-refractivity contribution in [2.45, 2.75) is 13.5 Å². The van der Waals surface area contributed by atoms with Gasteiger partial charge in [0.15, 0.2) is 0 Å². The molecule has 0 atom stereocenters. The van der Waals surface area contributed by atoms with E-state index in [0.717, 1.165) is 16.0 Å². The first-order valence-electron chi connectivity index (χ1n) is 10.4. The number of rotatable bonds is 6. The largest absolute Gasteiger partial charge is 0.497 e. The van der Waals surface area contributed by atoms with Gasteiger partial charge in [0.2, 0.25) is 0 Å². The highest BCUT2D eigenvalue weighted by atomic mass is 35.5. The van der Waals surface area contributed by atoms with Crippen LogP contribution in [0.15, 0.2) is 72.3 Å². The van der Waals surface area contributed by atoms with Crippen molar-refractivity contribution < 1.29 is 23.9 Å². The summed E-state index contributed by atoms with van der Waals surface area (Å²) < 4.78 is 11.3. The first kappa shape index (κ1) is 23.1. The van der Waals surface area contributed by atoms with Gasteiger partial charge in [-0.05, 0) is 55.0 Å². The fraction of sp³-hybridized carbons (Fsp3) is 0.115. The summed E-state index contributed by atoms with van der Waals surface area (Å²) in [5.74, 6) is -0.575. The van der Waals surface area contributed by atoms with Crippen LogP contribution in [-0.4, -0.2) is 25.0 Å². The Morgan fingerprint density at radius 2 is 1.76 bits per heavy atom. The fourth-order valence-electron chi connectivity index (χ4n) is 3.42. The van der Waals surface area contributed by atoms with Gasteiger partial charge < -0.3 is 9.47 Å². The highest BCUT2D eigenvalue weighted by Gasteiger charge is 2.37. The molecule has 3 aromatic carbocycles. The van der Waals surface area contributed by atoms with Crippen LogP contribution in [-0.2, 0) is 16.2 Å². The summed E-state index contributed by atoms with van der Waals surface area (Å²) in [4.78, 5) is 39.1. The number of ether oxygens (including phenoxy) is 2. The van der Waals surface area contributed by atoms with Gasteiger partial charge in [-0.1, -0.05) is 41.4 Å². The van der Waals surface area contributed by atoms with Gasteiger partial charge in [0.1, 0.15) is 23.7 Å². The zero-order chi connectivity index (χ0) is 24.2. The molecule has 0 radical (unpaired) electrons. The zero-order valence-electron chi connectivity index (χ0n) is 18.5. The average molecular weight is 477 g/mol. The van der Waals surface area contributed by atoms with Gasteiger partial charge in [-0.25, -0.2) is 9.69 Å². The summed E-state index contributed by atoms with van der Waals surface area (Å²) in [6.45, 7) is 2.10. The van der Waals surface area contributed by atoms with Crippen LogP contribution in [0.3, 0.4) is 0 Å². The molecule has 1 heterocycles. The monoisotopic (exact) mass is 476 g/mol. The van der Waals surface area contributed by atoms with Gasteiger partial charge in [0, 0.05) is 16.7 Å². The molecular formula is C26H21ClN2O5. The predicted octanol–water partition coefficient (Wildman–Crippen LogP) is 4.90. The Hall–Kier alpha value is -4.10. The van der Waals surface area contributed by atoms with E-state index >= 15 is 0 Å². The van der Waals surface area contributed by atoms with Gasteiger partial charge in [-0.3, -0.25) is 14.9 Å². The number of nitrogens with zero attached hydrogens (tertiary/aromatic N) is 1. The number of imide groups is 2. The van der Waals surface area contributed by atoms with E-state index in [4.69, 9.17) is 21.1 Å². The van der Waals surface area contributed by atoms with Crippen LogP contribution in [0.5, 0.6) is 11.5 Å². The van der Waals surface area contributed by atoms with Gasteiger partial charge in [0.25, 0.3) is 11.8 Å². The van der Waals surface area contributed by atoms with Crippen LogP contribution >= 0.6 is 11.6 Å². The number of benzene rings is 3. The normalized spacial score (nSPS) is 14.9. The quantitative estimate of drug-likeness (QED) is 0.404. The number of hydrogen-bond donors (Lipinski definition) is 1. The van der Waals surface area contributed by atoms with E-state index in [9.17, 15) is 14.4 Å². The van der Waals surface area contributed by atoms with Crippen LogP contribution in [0.25, 0.3) is 6.08 Å². The minimum Gasteiger partial charge on any atom is -0.497 e. The second-order valence-electron chi connectivity index (χ2n) is 7.62. The number of anilines is 1. The van der Waals surface area contributed by atoms with E-state index in [1.54, 1.807) is 54.6 Å². The molecule has 4 rings (SSSR count). The van der Waals surface area contributed by atoms with E-state index < -0.39 is 17.8 Å². The molecule has 8 heteroatoms. The maximum absolute atomic E-state index is 13.2. The molecule has 0 saturated carbocycles. The Morgan fingerprint density at radius 1 is 1.00 bits per heavy atom. The van der Waals surface area contributed by atoms with Crippen LogP contribution < -0.4 is 19.7 Å². The molecule has 0 aliphatic carbocycles. The van der Waals surface area contributed by atoms with Crippen molar-refractivity contribution in [1.29, 1.82) is 0 Å². The lowest BCUT2D eigenvalue weighted by atomic mass is 10.1. The summed E-state index contributed by atoms with van der Waals surface area (Å²) in [5, 5.41) is 2.81. The standard InChI is InChI=1S/C26H21ClN2O5/c1-16-6-9-20(10-7-16)29-25(31)22(24(30)28-26(29)32)13-18-8-11-21(33-2)14-23(18)34-15-17-4-3-5-19(27)12-17/h3-14H,15H2,1-2H3,(H,28,30,32)/b22-13+. The lowest BCUT2D eigenvalue weighted by molar-refractivity contribution is -0.122. The molecule has 0 aromatic heterocycles. The average Bonchev–Trinajstić information content (AvgIpc) is 2.82. The second-order valence-corrected chi connectivity index (χ2v) is 8.05. The number of urea groups is 1. The van der Waals surface area contributed by atoms with Gasteiger partial charge >= 0.3 is 6.03 Å². The molecule has 1 fully saturated rings. The van der Waals surface area contributed by atoms with Crippen molar-refractivity contribution in [3.63, 3.8) is 0 Å². The molecule has 0 spiro atoms. The number of nitrogens with one attached hydrogen (secondary N) is 1. The van der Waals surface area contributed by atoms with Crippen LogP contribution in [0, 0.1) is 6.92 Å². The third-order valence-electron chi connectivity index (χ3n) is 5.20. The van der Waals surface area contributed by atoms with Crippen molar-refractivity contribution in [3.8, 4) is 11.5 Å². The molecule has 0 unspecified atom stereocenters. The summed E-state index contributed by atoms with van der Waals surface area (Å²) in [7, 11) is 1.53. The number of carbonyl (C=O) groups excluding carboxylic acids is 3. The number of halogens is 1. The molecule has 34 heavy (non-hydrogen) atoms. The molecule has 1 aliphatic rings. The number of aryl methyl sites for hydroxylation is 1. The fourth-order valence-corrected chi connectivity index (χ4v) is 3.63. The molecule has 0 bridgehead atoms. The van der Waals surface area contributed by atoms with Crippen LogP contribution in [0.4, 0.5) is 10.5 Å². The molecule has 1 N–H and O–H groups in total. The highest BCUT2D eigenvalue weighted by Crippen LogP contribution is 2.30. The van der Waals surface area contributed by atoms with E-state index in [1.807, 2.05) is 19.1 Å². The van der Waals surface area contributed by atoms with Crippen LogP contribution in [0.2, 0.25) is 5.02 Å². The van der Waals surface area contributed by atoms with Gasteiger partial charge in [-0.15, -0.1) is 0 Å². The Bertz CT molecular complexity index is 1300. The summed E-state index contributed by atoms with van der Waals surface area (Å²) >= 11 is 6.05. The Labute approximate surface area is 201 Å². The molecule has 3 aromatic rings. The van der Waals surface area contributed by atoms with Crippen molar-refractivity contribution in [2.75, 3.05) is 12.0 Å². The van der Waals surface area contributed by atoms with Crippen molar-refractivity contribution in [2.24, 2.45) is 0 Å². The van der Waals surface area contributed by atoms with Crippen molar-refractivity contribution >= 4 is 41.2 Å². The highest BCUT2D eigenvalue weighted by molar-refractivity contribution is 6.39. The number of barbiturate groups is 1. The molecule has 4 amide bonds. The minimum atomic E-state index is -0.803. The Kier molecular flexibility index (Phi) is 6.65. The lowest BCUT2D eigenvalue weighted by Gasteiger charge is -2.26. The number of hydrogen-bond acceptors (Lipinski definition) is 5. The van der Waals surface area contributed by atoms with Crippen molar-refractivity contribution in [3.05, 3.63) is 94.0 Å². The topological polar surface area (TPSA) is 84.9 Å². The maximum Gasteiger partial charge on any atom is 0.335 e. The molecule has 1 saturated heterocycles. The predicted molar refractivity (Wildman–Crippen MR) is 129 cm³/mol.